The minimum absolute atomic E-state index is 0.0617. The summed E-state index contributed by atoms with van der Waals surface area (Å²) in [5.41, 5.74) is 1.92. The molecule has 1 N–H and O–H groups in total. The van der Waals surface area contributed by atoms with Crippen molar-refractivity contribution in [1.29, 1.82) is 0 Å². The second-order valence-electron chi connectivity index (χ2n) is 7.12. The molecule has 1 saturated heterocycles. The van der Waals surface area contributed by atoms with E-state index < -0.39 is 0 Å². The first kappa shape index (κ1) is 16.8. The van der Waals surface area contributed by atoms with Crippen LogP contribution in [0.2, 0.25) is 0 Å². The van der Waals surface area contributed by atoms with Gasteiger partial charge < -0.3 is 14.3 Å². The zero-order valence-corrected chi connectivity index (χ0v) is 15.4. The Balaban J connectivity index is 1.40. The lowest BCUT2D eigenvalue weighted by Gasteiger charge is -2.33. The van der Waals surface area contributed by atoms with Gasteiger partial charge in [0.2, 0.25) is 0 Å². The Labute approximate surface area is 162 Å². The van der Waals surface area contributed by atoms with Gasteiger partial charge in [0.15, 0.2) is 5.76 Å². The molecule has 142 valence electrons. The first-order valence-corrected chi connectivity index (χ1v) is 9.60. The van der Waals surface area contributed by atoms with E-state index in [1.54, 1.807) is 16.9 Å². The summed E-state index contributed by atoms with van der Waals surface area (Å²) in [5.74, 6) is 1.84. The van der Waals surface area contributed by atoms with Crippen LogP contribution in [0.4, 0.5) is 0 Å². The number of nitrogens with zero attached hydrogens (tertiary/aromatic N) is 4. The Morgan fingerprint density at radius 1 is 1.18 bits per heavy atom. The van der Waals surface area contributed by atoms with Crippen molar-refractivity contribution in [3.05, 3.63) is 72.2 Å². The van der Waals surface area contributed by atoms with Crippen LogP contribution in [-0.2, 0) is 6.54 Å². The summed E-state index contributed by atoms with van der Waals surface area (Å²) in [7, 11) is 0. The van der Waals surface area contributed by atoms with E-state index in [-0.39, 0.29) is 11.9 Å². The van der Waals surface area contributed by atoms with Crippen molar-refractivity contribution >= 4 is 16.9 Å². The third-order valence-corrected chi connectivity index (χ3v) is 5.24. The predicted octanol–water partition coefficient (Wildman–Crippen LogP) is 3.77. The Morgan fingerprint density at radius 2 is 2.11 bits per heavy atom. The minimum Gasteiger partial charge on any atom is -0.454 e. The summed E-state index contributed by atoms with van der Waals surface area (Å²) in [6, 6.07) is 13.3. The number of H-pyrrole nitrogens is 1. The number of hydrogen-bond donors (Lipinski definition) is 1. The number of carbonyl (C=O) groups is 1. The molecule has 0 bridgehead atoms. The molecule has 0 radical (unpaired) electrons. The predicted molar refractivity (Wildman–Crippen MR) is 104 cm³/mol. The SMILES string of the molecule is O=C(c1ccc(Cn2cccn2)o1)N1CCCC[C@H]1c1nc2ccccc2[nH]1. The van der Waals surface area contributed by atoms with Crippen LogP contribution in [0.15, 0.2) is 59.3 Å². The van der Waals surface area contributed by atoms with Gasteiger partial charge in [0, 0.05) is 18.9 Å². The molecule has 1 fully saturated rings. The number of hydrogen-bond acceptors (Lipinski definition) is 4. The van der Waals surface area contributed by atoms with E-state index in [0.717, 1.165) is 36.1 Å². The van der Waals surface area contributed by atoms with Crippen LogP contribution in [0.1, 0.15) is 47.4 Å². The number of fused-ring (bicyclic) bond motifs is 1. The number of rotatable bonds is 4. The molecular weight excluding hydrogens is 354 g/mol. The number of aromatic amines is 1. The molecule has 0 aliphatic carbocycles. The highest BCUT2D eigenvalue weighted by Crippen LogP contribution is 2.32. The van der Waals surface area contributed by atoms with Crippen molar-refractivity contribution < 1.29 is 9.21 Å². The molecule has 1 aliphatic heterocycles. The number of benzene rings is 1. The molecule has 1 amide bonds. The van der Waals surface area contributed by atoms with Gasteiger partial charge in [0.1, 0.15) is 11.6 Å². The molecule has 1 aliphatic rings. The number of amides is 1. The molecule has 1 aromatic carbocycles. The van der Waals surface area contributed by atoms with Gasteiger partial charge >= 0.3 is 0 Å². The number of para-hydroxylation sites is 2. The number of carbonyl (C=O) groups excluding carboxylic acids is 1. The number of likely N-dealkylation sites (tertiary alicyclic amines) is 1. The van der Waals surface area contributed by atoms with Gasteiger partial charge in [-0.15, -0.1) is 0 Å². The van der Waals surface area contributed by atoms with Crippen molar-refractivity contribution in [3.8, 4) is 0 Å². The highest BCUT2D eigenvalue weighted by atomic mass is 16.4. The van der Waals surface area contributed by atoms with Gasteiger partial charge in [-0.3, -0.25) is 9.48 Å². The fourth-order valence-corrected chi connectivity index (χ4v) is 3.86. The van der Waals surface area contributed by atoms with Crippen molar-refractivity contribution in [3.63, 3.8) is 0 Å². The molecule has 7 nitrogen and oxygen atoms in total. The number of imidazole rings is 1. The number of aromatic nitrogens is 4. The zero-order chi connectivity index (χ0) is 18.9. The van der Waals surface area contributed by atoms with Crippen molar-refractivity contribution in [2.24, 2.45) is 0 Å². The van der Waals surface area contributed by atoms with E-state index in [2.05, 4.69) is 10.1 Å². The average molecular weight is 375 g/mol. The first-order chi connectivity index (χ1) is 13.8. The monoisotopic (exact) mass is 375 g/mol. The Morgan fingerprint density at radius 3 is 2.96 bits per heavy atom. The third-order valence-electron chi connectivity index (χ3n) is 5.24. The molecule has 28 heavy (non-hydrogen) atoms. The molecule has 4 aromatic rings. The minimum atomic E-state index is -0.0862. The van der Waals surface area contributed by atoms with Crippen LogP contribution in [0, 0.1) is 0 Å². The summed E-state index contributed by atoms with van der Waals surface area (Å²) in [4.78, 5) is 23.2. The van der Waals surface area contributed by atoms with Crippen LogP contribution in [-0.4, -0.2) is 37.1 Å². The summed E-state index contributed by atoms with van der Waals surface area (Å²) in [5, 5.41) is 4.18. The van der Waals surface area contributed by atoms with Crippen molar-refractivity contribution in [1.82, 2.24) is 24.6 Å². The van der Waals surface area contributed by atoms with Gasteiger partial charge in [-0.1, -0.05) is 12.1 Å². The fourth-order valence-electron chi connectivity index (χ4n) is 3.86. The van der Waals surface area contributed by atoms with E-state index in [0.29, 0.717) is 24.6 Å². The fraction of sp³-hybridized carbons (Fsp3) is 0.286. The molecule has 1 atom stereocenters. The number of piperidine rings is 1. The summed E-state index contributed by atoms with van der Waals surface area (Å²) >= 11 is 0. The van der Waals surface area contributed by atoms with E-state index in [9.17, 15) is 4.79 Å². The quantitative estimate of drug-likeness (QED) is 0.589. The van der Waals surface area contributed by atoms with Crippen LogP contribution >= 0.6 is 0 Å². The maximum atomic E-state index is 13.2. The van der Waals surface area contributed by atoms with Crippen LogP contribution in [0.3, 0.4) is 0 Å². The largest absolute Gasteiger partial charge is 0.454 e. The highest BCUT2D eigenvalue weighted by Gasteiger charge is 2.32. The lowest BCUT2D eigenvalue weighted by Crippen LogP contribution is -2.38. The molecular formula is C21H21N5O2. The molecule has 3 aromatic heterocycles. The Bertz CT molecular complexity index is 1060. The molecule has 4 heterocycles. The molecule has 0 saturated carbocycles. The zero-order valence-electron chi connectivity index (χ0n) is 15.4. The summed E-state index contributed by atoms with van der Waals surface area (Å²) in [6.07, 6.45) is 6.55. The van der Waals surface area contributed by atoms with Crippen LogP contribution in [0.25, 0.3) is 11.0 Å². The average Bonchev–Trinajstić information content (AvgIpc) is 3.48. The van der Waals surface area contributed by atoms with Crippen molar-refractivity contribution in [2.75, 3.05) is 6.54 Å². The first-order valence-electron chi connectivity index (χ1n) is 9.60. The maximum Gasteiger partial charge on any atom is 0.290 e. The third kappa shape index (κ3) is 3.09. The second-order valence-corrected chi connectivity index (χ2v) is 7.12. The summed E-state index contributed by atoms with van der Waals surface area (Å²) in [6.45, 7) is 1.21. The van der Waals surface area contributed by atoms with Crippen molar-refractivity contribution in [2.45, 2.75) is 31.8 Å². The number of furan rings is 1. The smallest absolute Gasteiger partial charge is 0.290 e. The normalized spacial score (nSPS) is 17.3. The Hall–Kier alpha value is -3.35. The van der Waals surface area contributed by atoms with E-state index >= 15 is 0 Å². The topological polar surface area (TPSA) is 79.9 Å². The van der Waals surface area contributed by atoms with Crippen LogP contribution in [0.5, 0.6) is 0 Å². The van der Waals surface area contributed by atoms with Gasteiger partial charge in [-0.05, 0) is 49.6 Å². The lowest BCUT2D eigenvalue weighted by molar-refractivity contribution is 0.0566. The molecule has 0 unspecified atom stereocenters. The molecule has 5 rings (SSSR count). The summed E-state index contributed by atoms with van der Waals surface area (Å²) < 4.78 is 7.60. The molecule has 7 heteroatoms. The highest BCUT2D eigenvalue weighted by molar-refractivity contribution is 5.92. The molecule has 0 spiro atoms. The van der Waals surface area contributed by atoms with E-state index in [4.69, 9.17) is 9.40 Å². The number of nitrogens with one attached hydrogen (secondary N) is 1. The van der Waals surface area contributed by atoms with Gasteiger partial charge in [-0.2, -0.15) is 5.10 Å². The Kier molecular flexibility index (Phi) is 4.20. The van der Waals surface area contributed by atoms with Gasteiger partial charge in [0.25, 0.3) is 5.91 Å². The maximum absolute atomic E-state index is 13.2. The van der Waals surface area contributed by atoms with E-state index in [1.165, 1.54) is 0 Å². The van der Waals surface area contributed by atoms with Gasteiger partial charge in [-0.25, -0.2) is 4.98 Å². The van der Waals surface area contributed by atoms with E-state index in [1.807, 2.05) is 47.5 Å². The standard InChI is InChI=1S/C21H21N5O2/c27-21(19-10-9-15(28-19)14-25-12-5-11-22-25)26-13-4-3-8-18(26)20-23-16-6-1-2-7-17(16)24-20/h1-2,5-7,9-12,18H,3-4,8,13-14H2,(H,23,24)/t18-/m0/s1. The van der Waals surface area contributed by atoms with Crippen LogP contribution < -0.4 is 0 Å². The lowest BCUT2D eigenvalue weighted by atomic mass is 10.0. The van der Waals surface area contributed by atoms with Gasteiger partial charge in [0.05, 0.1) is 23.6 Å². The second kappa shape index (κ2) is 6.99.